The van der Waals surface area contributed by atoms with E-state index in [1.807, 2.05) is 0 Å². The largest absolute Gasteiger partial charge is 0.768 e. The normalized spacial score (nSPS) is 12.1. The number of rotatable bonds is 3. The summed E-state index contributed by atoms with van der Waals surface area (Å²) >= 11 is 2.58. The predicted octanol–water partition coefficient (Wildman–Crippen LogP) is 1.39. The number of nitro benzene ring substituents is 2. The van der Waals surface area contributed by atoms with Gasteiger partial charge in [-0.2, -0.15) is 0 Å². The molecular weight excluding hydrogens is 264 g/mol. The van der Waals surface area contributed by atoms with Gasteiger partial charge < -0.3 is 4.55 Å². The molecule has 0 spiro atoms. The van der Waals surface area contributed by atoms with Crippen molar-refractivity contribution >= 4 is 34.1 Å². The van der Waals surface area contributed by atoms with E-state index in [0.717, 1.165) is 0 Å². The number of hydrogen-bond acceptors (Lipinski definition) is 6. The highest BCUT2D eigenvalue weighted by molar-refractivity contribution is 7.79. The number of benzene rings is 1. The van der Waals surface area contributed by atoms with E-state index < -0.39 is 42.2 Å². The molecule has 0 saturated carbocycles. The molecule has 8 nitrogen and oxygen atoms in total. The van der Waals surface area contributed by atoms with Crippen molar-refractivity contribution in [3.05, 3.63) is 37.4 Å². The summed E-state index contributed by atoms with van der Waals surface area (Å²) in [5.74, 6) is 0. The highest BCUT2D eigenvalue weighted by Crippen LogP contribution is 2.35. The molecule has 0 bridgehead atoms. The zero-order chi connectivity index (χ0) is 12.5. The smallest absolute Gasteiger partial charge is 0.296 e. The molecule has 1 rings (SSSR count). The van der Waals surface area contributed by atoms with Gasteiger partial charge in [0, 0.05) is 17.0 Å². The van der Waals surface area contributed by atoms with Gasteiger partial charge in [0.15, 0.2) is 5.02 Å². The van der Waals surface area contributed by atoms with Gasteiger partial charge in [0.05, 0.1) is 9.85 Å². The van der Waals surface area contributed by atoms with E-state index in [1.165, 1.54) is 0 Å². The van der Waals surface area contributed by atoms with Crippen molar-refractivity contribution in [3.63, 3.8) is 0 Å². The molecule has 0 aliphatic carbocycles. The summed E-state index contributed by atoms with van der Waals surface area (Å²) in [6.45, 7) is 0. The maximum absolute atomic E-state index is 10.6. The zero-order valence-electron chi connectivity index (χ0n) is 7.28. The second kappa shape index (κ2) is 4.51. The van der Waals surface area contributed by atoms with Crippen molar-refractivity contribution in [1.82, 2.24) is 0 Å². The van der Waals surface area contributed by atoms with Crippen LogP contribution in [-0.2, 0) is 11.1 Å². The first kappa shape index (κ1) is 12.5. The average Bonchev–Trinajstić information content (AvgIpc) is 2.16. The molecule has 1 atom stereocenters. The number of halogens is 1. The maximum Gasteiger partial charge on any atom is 0.296 e. The predicted molar refractivity (Wildman–Crippen MR) is 51.9 cm³/mol. The monoisotopic (exact) mass is 265 g/mol. The van der Waals surface area contributed by atoms with E-state index in [2.05, 4.69) is 0 Å². The first-order valence-corrected chi connectivity index (χ1v) is 5.01. The molecule has 0 N–H and O–H groups in total. The molecular formula is C6H2ClN2O6S-. The molecule has 1 unspecified atom stereocenters. The Labute approximate surface area is 95.4 Å². The highest BCUT2D eigenvalue weighted by Gasteiger charge is 2.25. The number of nitrogens with zero attached hydrogens (tertiary/aromatic N) is 2. The lowest BCUT2D eigenvalue weighted by Gasteiger charge is -2.05. The van der Waals surface area contributed by atoms with Crippen molar-refractivity contribution in [1.29, 1.82) is 0 Å². The molecule has 0 amide bonds. The van der Waals surface area contributed by atoms with Crippen LogP contribution in [0.1, 0.15) is 0 Å². The fraction of sp³-hybridized carbons (Fsp3) is 0. The SMILES string of the molecule is O=[N+]([O-])c1cc(S(=O)[O-])cc([N+](=O)[O-])c1Cl. The molecule has 0 radical (unpaired) electrons. The van der Waals surface area contributed by atoms with Crippen LogP contribution in [0.25, 0.3) is 0 Å². The molecule has 10 heteroatoms. The van der Waals surface area contributed by atoms with Gasteiger partial charge in [-0.15, -0.1) is 0 Å². The van der Waals surface area contributed by atoms with Crippen LogP contribution in [-0.4, -0.2) is 18.6 Å². The molecule has 0 heterocycles. The fourth-order valence-corrected chi connectivity index (χ4v) is 1.59. The zero-order valence-corrected chi connectivity index (χ0v) is 8.86. The van der Waals surface area contributed by atoms with Crippen molar-refractivity contribution in [3.8, 4) is 0 Å². The summed E-state index contributed by atoms with van der Waals surface area (Å²) in [4.78, 5) is 18.4. The van der Waals surface area contributed by atoms with E-state index in [-0.39, 0.29) is 0 Å². The molecule has 0 aromatic heterocycles. The van der Waals surface area contributed by atoms with Gasteiger partial charge in [0.2, 0.25) is 0 Å². The van der Waals surface area contributed by atoms with Gasteiger partial charge in [0.1, 0.15) is 0 Å². The Morgan fingerprint density at radius 2 is 1.50 bits per heavy atom. The van der Waals surface area contributed by atoms with E-state index in [9.17, 15) is 29.0 Å². The van der Waals surface area contributed by atoms with Gasteiger partial charge in [-0.3, -0.25) is 24.4 Å². The summed E-state index contributed by atoms with van der Waals surface area (Å²) in [6.07, 6.45) is 0. The van der Waals surface area contributed by atoms with E-state index >= 15 is 0 Å². The lowest BCUT2D eigenvalue weighted by molar-refractivity contribution is -0.394. The first-order chi connectivity index (χ1) is 7.34. The molecule has 0 saturated heterocycles. The molecule has 0 aliphatic heterocycles. The minimum Gasteiger partial charge on any atom is -0.768 e. The van der Waals surface area contributed by atoms with Crippen LogP contribution in [0, 0.1) is 20.2 Å². The molecule has 0 fully saturated rings. The fourth-order valence-electron chi connectivity index (χ4n) is 0.931. The Morgan fingerprint density at radius 1 is 1.12 bits per heavy atom. The Morgan fingerprint density at radius 3 is 1.75 bits per heavy atom. The van der Waals surface area contributed by atoms with Gasteiger partial charge in [-0.1, -0.05) is 11.6 Å². The van der Waals surface area contributed by atoms with Gasteiger partial charge in [-0.25, -0.2) is 0 Å². The highest BCUT2D eigenvalue weighted by atomic mass is 35.5. The summed E-state index contributed by atoms with van der Waals surface area (Å²) in [5.41, 5.74) is -1.65. The van der Waals surface area contributed by atoms with Crippen LogP contribution in [0.4, 0.5) is 11.4 Å². The van der Waals surface area contributed by atoms with Crippen LogP contribution >= 0.6 is 11.6 Å². The van der Waals surface area contributed by atoms with Gasteiger partial charge in [-0.05, 0) is 11.1 Å². The van der Waals surface area contributed by atoms with E-state index in [1.54, 1.807) is 0 Å². The third-order valence-corrected chi connectivity index (χ3v) is 2.60. The van der Waals surface area contributed by atoms with Crippen LogP contribution in [0.15, 0.2) is 17.0 Å². The summed E-state index contributed by atoms with van der Waals surface area (Å²) in [6, 6.07) is 1.30. The molecule has 1 aromatic rings. The van der Waals surface area contributed by atoms with Crippen LogP contribution in [0.2, 0.25) is 5.02 Å². The molecule has 1 aromatic carbocycles. The summed E-state index contributed by atoms with van der Waals surface area (Å²) < 4.78 is 21.1. The summed E-state index contributed by atoms with van der Waals surface area (Å²) in [7, 11) is 0. The van der Waals surface area contributed by atoms with Crippen LogP contribution in [0.5, 0.6) is 0 Å². The summed E-state index contributed by atoms with van der Waals surface area (Å²) in [5, 5.41) is 20.2. The van der Waals surface area contributed by atoms with Gasteiger partial charge in [0.25, 0.3) is 11.4 Å². The maximum atomic E-state index is 10.6. The Bertz CT molecular complexity index is 469. The lowest BCUT2D eigenvalue weighted by Crippen LogP contribution is -1.98. The topological polar surface area (TPSA) is 126 Å². The minimum atomic E-state index is -2.81. The molecule has 0 aliphatic rings. The minimum absolute atomic E-state index is 0.567. The van der Waals surface area contributed by atoms with E-state index in [0.29, 0.717) is 12.1 Å². The number of nitro groups is 2. The van der Waals surface area contributed by atoms with Crippen molar-refractivity contribution in [2.45, 2.75) is 4.90 Å². The first-order valence-electron chi connectivity index (χ1n) is 3.56. The quantitative estimate of drug-likeness (QED) is 0.462. The average molecular weight is 266 g/mol. The Balaban J connectivity index is 3.57. The van der Waals surface area contributed by atoms with Gasteiger partial charge >= 0.3 is 0 Å². The molecule has 86 valence electrons. The van der Waals surface area contributed by atoms with Crippen molar-refractivity contribution in [2.24, 2.45) is 0 Å². The second-order valence-corrected chi connectivity index (χ2v) is 3.84. The standard InChI is InChI=1S/C6H3ClN2O6S/c7-6-4(8(10)11)1-3(16(14)15)2-5(6)9(12)13/h1-2H,(H,14,15)/p-1. The number of hydrogen-bond donors (Lipinski definition) is 0. The second-order valence-electron chi connectivity index (χ2n) is 2.52. The van der Waals surface area contributed by atoms with Crippen LogP contribution in [0.3, 0.4) is 0 Å². The van der Waals surface area contributed by atoms with E-state index in [4.69, 9.17) is 11.6 Å². The Hall–Kier alpha value is -1.58. The van der Waals surface area contributed by atoms with Crippen molar-refractivity contribution in [2.75, 3.05) is 0 Å². The molecule has 16 heavy (non-hydrogen) atoms. The third-order valence-electron chi connectivity index (χ3n) is 1.59. The Kier molecular flexibility index (Phi) is 3.52. The van der Waals surface area contributed by atoms with Crippen LogP contribution < -0.4 is 0 Å². The third kappa shape index (κ3) is 2.32. The lowest BCUT2D eigenvalue weighted by atomic mass is 10.3. The van der Waals surface area contributed by atoms with Crippen molar-refractivity contribution < 1.29 is 18.6 Å².